The molecule has 2 heterocycles. The van der Waals surface area contributed by atoms with Gasteiger partial charge < -0.3 is 15.4 Å². The first-order chi connectivity index (χ1) is 6.43. The molecule has 0 amide bonds. The standard InChI is InChI=1S/C5H11NO.C5H11N/c1-7-4-5-2-6-3-5;1-2-4-6-5-3-1/h5-6H,2-4H2,1H3;6H,1-5H2. The quantitative estimate of drug-likeness (QED) is 0.663. The normalized spacial score (nSPS) is 22.8. The Morgan fingerprint density at radius 3 is 1.92 bits per heavy atom. The van der Waals surface area contributed by atoms with E-state index in [2.05, 4.69) is 10.6 Å². The van der Waals surface area contributed by atoms with Crippen LogP contribution in [0.2, 0.25) is 0 Å². The molecule has 0 bridgehead atoms. The van der Waals surface area contributed by atoms with Crippen LogP contribution < -0.4 is 10.6 Å². The molecule has 0 atom stereocenters. The lowest BCUT2D eigenvalue weighted by atomic mass is 10.1. The lowest BCUT2D eigenvalue weighted by molar-refractivity contribution is 0.124. The zero-order valence-corrected chi connectivity index (χ0v) is 8.64. The van der Waals surface area contributed by atoms with Crippen LogP contribution >= 0.6 is 0 Å². The second-order valence-corrected chi connectivity index (χ2v) is 3.79. The maximum absolute atomic E-state index is 4.91. The Morgan fingerprint density at radius 2 is 1.77 bits per heavy atom. The maximum atomic E-state index is 4.91. The highest BCUT2D eigenvalue weighted by Gasteiger charge is 2.14. The summed E-state index contributed by atoms with van der Waals surface area (Å²) in [6.45, 7) is 5.72. The van der Waals surface area contributed by atoms with Gasteiger partial charge in [-0.3, -0.25) is 0 Å². The minimum absolute atomic E-state index is 0.796. The van der Waals surface area contributed by atoms with Crippen LogP contribution in [0.15, 0.2) is 0 Å². The van der Waals surface area contributed by atoms with Gasteiger partial charge in [-0.2, -0.15) is 0 Å². The first-order valence-corrected chi connectivity index (χ1v) is 5.34. The van der Waals surface area contributed by atoms with Crippen molar-refractivity contribution in [2.45, 2.75) is 19.3 Å². The van der Waals surface area contributed by atoms with Crippen molar-refractivity contribution in [3.63, 3.8) is 0 Å². The fourth-order valence-electron chi connectivity index (χ4n) is 1.50. The zero-order chi connectivity index (χ0) is 9.36. The molecule has 0 aromatic carbocycles. The Kier molecular flexibility index (Phi) is 6.15. The van der Waals surface area contributed by atoms with Crippen LogP contribution in [-0.2, 0) is 4.74 Å². The van der Waals surface area contributed by atoms with Gasteiger partial charge in [0, 0.05) is 26.1 Å². The first-order valence-electron chi connectivity index (χ1n) is 5.34. The molecule has 2 N–H and O–H groups in total. The predicted octanol–water partition coefficient (Wildman–Crippen LogP) is 0.612. The van der Waals surface area contributed by atoms with Gasteiger partial charge in [0.25, 0.3) is 0 Å². The van der Waals surface area contributed by atoms with Crippen LogP contribution in [0.1, 0.15) is 19.3 Å². The Bertz CT molecular complexity index is 100.0. The van der Waals surface area contributed by atoms with E-state index in [9.17, 15) is 0 Å². The molecule has 78 valence electrons. The summed E-state index contributed by atoms with van der Waals surface area (Å²) in [5.74, 6) is 0.796. The molecule has 0 aliphatic carbocycles. The van der Waals surface area contributed by atoms with Crippen LogP contribution in [0.5, 0.6) is 0 Å². The van der Waals surface area contributed by atoms with E-state index in [1.165, 1.54) is 32.4 Å². The van der Waals surface area contributed by atoms with Crippen LogP contribution in [-0.4, -0.2) is 39.9 Å². The lowest BCUT2D eigenvalue weighted by Crippen LogP contribution is -2.44. The largest absolute Gasteiger partial charge is 0.384 e. The van der Waals surface area contributed by atoms with Gasteiger partial charge in [-0.15, -0.1) is 0 Å². The highest BCUT2D eigenvalue weighted by atomic mass is 16.5. The molecule has 3 heteroatoms. The molecular formula is C10H22N2O. The van der Waals surface area contributed by atoms with E-state index in [0.29, 0.717) is 0 Å². The van der Waals surface area contributed by atoms with Crippen molar-refractivity contribution in [3.05, 3.63) is 0 Å². The number of hydrogen-bond acceptors (Lipinski definition) is 3. The molecule has 0 spiro atoms. The van der Waals surface area contributed by atoms with Gasteiger partial charge in [0.2, 0.25) is 0 Å². The highest BCUT2D eigenvalue weighted by molar-refractivity contribution is 4.73. The fraction of sp³-hybridized carbons (Fsp3) is 1.00. The zero-order valence-electron chi connectivity index (χ0n) is 8.64. The summed E-state index contributed by atoms with van der Waals surface area (Å²) in [5.41, 5.74) is 0. The third-order valence-corrected chi connectivity index (χ3v) is 2.48. The molecule has 2 fully saturated rings. The number of piperidine rings is 1. The van der Waals surface area contributed by atoms with Gasteiger partial charge in [-0.05, 0) is 25.9 Å². The van der Waals surface area contributed by atoms with Crippen molar-refractivity contribution >= 4 is 0 Å². The van der Waals surface area contributed by atoms with Gasteiger partial charge in [-0.25, -0.2) is 0 Å². The van der Waals surface area contributed by atoms with Crippen molar-refractivity contribution in [2.24, 2.45) is 5.92 Å². The molecule has 2 rings (SSSR count). The average Bonchev–Trinajstić information content (AvgIpc) is 2.15. The van der Waals surface area contributed by atoms with Crippen LogP contribution in [0, 0.1) is 5.92 Å². The minimum Gasteiger partial charge on any atom is -0.384 e. The summed E-state index contributed by atoms with van der Waals surface area (Å²) in [4.78, 5) is 0. The SMILES string of the molecule is C1CCNCC1.COCC1CNC1. The number of hydrogen-bond donors (Lipinski definition) is 2. The Balaban J connectivity index is 0.000000132. The van der Waals surface area contributed by atoms with Crippen molar-refractivity contribution in [3.8, 4) is 0 Å². The Morgan fingerprint density at radius 1 is 1.08 bits per heavy atom. The van der Waals surface area contributed by atoms with E-state index in [1.54, 1.807) is 7.11 Å². The molecule has 2 aliphatic heterocycles. The van der Waals surface area contributed by atoms with Gasteiger partial charge >= 0.3 is 0 Å². The highest BCUT2D eigenvalue weighted by Crippen LogP contribution is 2.00. The second-order valence-electron chi connectivity index (χ2n) is 3.79. The van der Waals surface area contributed by atoms with E-state index in [0.717, 1.165) is 25.6 Å². The number of ether oxygens (including phenoxy) is 1. The van der Waals surface area contributed by atoms with Crippen molar-refractivity contribution in [1.82, 2.24) is 10.6 Å². The molecule has 2 saturated heterocycles. The topological polar surface area (TPSA) is 33.3 Å². The fourth-order valence-corrected chi connectivity index (χ4v) is 1.50. The molecule has 3 nitrogen and oxygen atoms in total. The van der Waals surface area contributed by atoms with Crippen molar-refractivity contribution < 1.29 is 4.74 Å². The second kappa shape index (κ2) is 7.30. The van der Waals surface area contributed by atoms with E-state index in [1.807, 2.05) is 0 Å². The molecule has 0 aromatic rings. The van der Waals surface area contributed by atoms with E-state index in [-0.39, 0.29) is 0 Å². The van der Waals surface area contributed by atoms with Gasteiger partial charge in [0.15, 0.2) is 0 Å². The molecule has 0 saturated carbocycles. The van der Waals surface area contributed by atoms with Crippen molar-refractivity contribution in [1.29, 1.82) is 0 Å². The third kappa shape index (κ3) is 5.24. The summed E-state index contributed by atoms with van der Waals surface area (Å²) in [5, 5.41) is 6.45. The van der Waals surface area contributed by atoms with Gasteiger partial charge in [0.1, 0.15) is 0 Å². The number of nitrogens with one attached hydrogen (secondary N) is 2. The summed E-state index contributed by atoms with van der Waals surface area (Å²) in [6, 6.07) is 0. The predicted molar refractivity (Wildman–Crippen MR) is 55.0 cm³/mol. The smallest absolute Gasteiger partial charge is 0.0514 e. The number of methoxy groups -OCH3 is 1. The molecule has 0 aromatic heterocycles. The molecule has 13 heavy (non-hydrogen) atoms. The Hall–Kier alpha value is -0.120. The van der Waals surface area contributed by atoms with E-state index < -0.39 is 0 Å². The minimum atomic E-state index is 0.796. The first kappa shape index (κ1) is 11.0. The molecule has 0 unspecified atom stereocenters. The summed E-state index contributed by atoms with van der Waals surface area (Å²) < 4.78 is 4.91. The Labute approximate surface area is 81.2 Å². The van der Waals surface area contributed by atoms with Crippen LogP contribution in [0.3, 0.4) is 0 Å². The van der Waals surface area contributed by atoms with Crippen molar-refractivity contribution in [2.75, 3.05) is 39.9 Å². The molecular weight excluding hydrogens is 164 g/mol. The molecule has 0 radical (unpaired) electrons. The summed E-state index contributed by atoms with van der Waals surface area (Å²) in [7, 11) is 1.75. The number of rotatable bonds is 2. The van der Waals surface area contributed by atoms with Gasteiger partial charge in [-0.1, -0.05) is 6.42 Å². The summed E-state index contributed by atoms with van der Waals surface area (Å²) >= 11 is 0. The average molecular weight is 186 g/mol. The monoisotopic (exact) mass is 186 g/mol. The summed E-state index contributed by atoms with van der Waals surface area (Å²) in [6.07, 6.45) is 4.22. The third-order valence-electron chi connectivity index (χ3n) is 2.48. The lowest BCUT2D eigenvalue weighted by Gasteiger charge is -2.25. The van der Waals surface area contributed by atoms with E-state index >= 15 is 0 Å². The van der Waals surface area contributed by atoms with Crippen LogP contribution in [0.25, 0.3) is 0 Å². The van der Waals surface area contributed by atoms with Gasteiger partial charge in [0.05, 0.1) is 6.61 Å². The van der Waals surface area contributed by atoms with Crippen LogP contribution in [0.4, 0.5) is 0 Å². The van der Waals surface area contributed by atoms with E-state index in [4.69, 9.17) is 4.74 Å². The molecule has 2 aliphatic rings. The maximum Gasteiger partial charge on any atom is 0.0514 e.